The minimum absolute atomic E-state index is 0.375. The van der Waals surface area contributed by atoms with Crippen LogP contribution in [0.15, 0.2) is 52.1 Å². The molecule has 3 aromatic rings. The average molecular weight is 253 g/mol. The van der Waals surface area contributed by atoms with Crippen molar-refractivity contribution >= 4 is 11.0 Å². The van der Waals surface area contributed by atoms with Gasteiger partial charge >= 0.3 is 5.69 Å². The van der Waals surface area contributed by atoms with Crippen molar-refractivity contribution in [3.63, 3.8) is 0 Å². The number of aryl methyl sites for hydroxylation is 1. The number of para-hydroxylation sites is 1. The maximum atomic E-state index is 12.0. The summed E-state index contributed by atoms with van der Waals surface area (Å²) in [6.45, 7) is 1.82. The van der Waals surface area contributed by atoms with Crippen molar-refractivity contribution in [2.24, 2.45) is 0 Å². The molecule has 1 aromatic carbocycles. The number of nitrogens with zero attached hydrogens (tertiary/aromatic N) is 2. The van der Waals surface area contributed by atoms with Gasteiger partial charge in [-0.2, -0.15) is 0 Å². The number of aromatic amines is 1. The first-order chi connectivity index (χ1) is 9.16. The second-order valence-electron chi connectivity index (χ2n) is 4.25. The minimum atomic E-state index is -0.484. The monoisotopic (exact) mass is 253 g/mol. The molecular formula is C14H11N3O2. The second-order valence-corrected chi connectivity index (χ2v) is 4.25. The zero-order valence-corrected chi connectivity index (χ0v) is 10.3. The lowest BCUT2D eigenvalue weighted by molar-refractivity contribution is 0.921. The zero-order chi connectivity index (χ0) is 13.4. The summed E-state index contributed by atoms with van der Waals surface area (Å²) in [5.74, 6) is 0. The second kappa shape index (κ2) is 4.20. The van der Waals surface area contributed by atoms with Crippen LogP contribution >= 0.6 is 0 Å². The maximum Gasteiger partial charge on any atom is 0.334 e. The summed E-state index contributed by atoms with van der Waals surface area (Å²) in [6.07, 6.45) is 0. The van der Waals surface area contributed by atoms with Gasteiger partial charge in [-0.05, 0) is 31.2 Å². The lowest BCUT2D eigenvalue weighted by Crippen LogP contribution is -2.29. The number of aromatic nitrogens is 3. The third kappa shape index (κ3) is 1.85. The van der Waals surface area contributed by atoms with E-state index in [4.69, 9.17) is 0 Å². The van der Waals surface area contributed by atoms with E-state index in [-0.39, 0.29) is 0 Å². The van der Waals surface area contributed by atoms with Crippen molar-refractivity contribution in [1.82, 2.24) is 14.5 Å². The zero-order valence-electron chi connectivity index (χ0n) is 10.3. The van der Waals surface area contributed by atoms with Crippen LogP contribution in [0.1, 0.15) is 5.69 Å². The predicted octanol–water partition coefficient (Wildman–Crippen LogP) is 1.38. The van der Waals surface area contributed by atoms with Crippen LogP contribution in [-0.4, -0.2) is 14.5 Å². The smallest absolute Gasteiger partial charge is 0.273 e. The molecule has 0 radical (unpaired) electrons. The molecule has 0 atom stereocenters. The van der Waals surface area contributed by atoms with Gasteiger partial charge in [-0.1, -0.05) is 18.2 Å². The van der Waals surface area contributed by atoms with Gasteiger partial charge in [0.15, 0.2) is 5.65 Å². The molecule has 5 heteroatoms. The molecule has 0 aliphatic carbocycles. The van der Waals surface area contributed by atoms with Crippen LogP contribution in [0.2, 0.25) is 0 Å². The van der Waals surface area contributed by atoms with Gasteiger partial charge in [0, 0.05) is 5.69 Å². The van der Waals surface area contributed by atoms with Crippen molar-refractivity contribution < 1.29 is 0 Å². The summed E-state index contributed by atoms with van der Waals surface area (Å²) in [7, 11) is 0. The van der Waals surface area contributed by atoms with E-state index in [1.807, 2.05) is 25.1 Å². The third-order valence-electron chi connectivity index (χ3n) is 2.91. The van der Waals surface area contributed by atoms with Crippen molar-refractivity contribution in [2.75, 3.05) is 0 Å². The van der Waals surface area contributed by atoms with E-state index in [1.54, 1.807) is 24.3 Å². The van der Waals surface area contributed by atoms with Crippen LogP contribution in [-0.2, 0) is 0 Å². The lowest BCUT2D eigenvalue weighted by atomic mass is 10.2. The standard InChI is InChI=1S/C14H11N3O2/c1-9-7-8-11-12(15-9)17(14(19)16-13(11)18)10-5-3-2-4-6-10/h2-8H,1H3,(H,16,18,19). The van der Waals surface area contributed by atoms with Gasteiger partial charge in [-0.15, -0.1) is 0 Å². The van der Waals surface area contributed by atoms with E-state index in [1.165, 1.54) is 4.57 Å². The Kier molecular flexibility index (Phi) is 2.52. The SMILES string of the molecule is Cc1ccc2c(=O)[nH]c(=O)n(-c3ccccc3)c2n1. The molecule has 94 valence electrons. The van der Waals surface area contributed by atoms with Gasteiger partial charge in [-0.3, -0.25) is 9.78 Å². The number of hydrogen-bond acceptors (Lipinski definition) is 3. The molecular weight excluding hydrogens is 242 g/mol. The fourth-order valence-corrected chi connectivity index (χ4v) is 2.02. The first-order valence-corrected chi connectivity index (χ1v) is 5.85. The highest BCUT2D eigenvalue weighted by Gasteiger charge is 2.10. The molecule has 0 bridgehead atoms. The third-order valence-corrected chi connectivity index (χ3v) is 2.91. The van der Waals surface area contributed by atoms with E-state index in [2.05, 4.69) is 9.97 Å². The number of hydrogen-bond donors (Lipinski definition) is 1. The maximum absolute atomic E-state index is 12.0. The molecule has 2 aromatic heterocycles. The molecule has 0 saturated heterocycles. The molecule has 0 fully saturated rings. The molecule has 0 amide bonds. The number of H-pyrrole nitrogens is 1. The molecule has 1 N–H and O–H groups in total. The quantitative estimate of drug-likeness (QED) is 0.712. The summed E-state index contributed by atoms with van der Waals surface area (Å²) < 4.78 is 1.41. The Bertz CT molecular complexity index is 863. The molecule has 19 heavy (non-hydrogen) atoms. The first kappa shape index (κ1) is 11.4. The number of rotatable bonds is 1. The molecule has 5 nitrogen and oxygen atoms in total. The first-order valence-electron chi connectivity index (χ1n) is 5.85. The Labute approximate surface area is 108 Å². The normalized spacial score (nSPS) is 10.8. The highest BCUT2D eigenvalue weighted by Crippen LogP contribution is 2.11. The van der Waals surface area contributed by atoms with Crippen LogP contribution in [0.4, 0.5) is 0 Å². The Hall–Kier alpha value is -2.69. The largest absolute Gasteiger partial charge is 0.334 e. The van der Waals surface area contributed by atoms with E-state index < -0.39 is 11.2 Å². The molecule has 0 aliphatic heterocycles. The Balaban J connectivity index is 2.51. The number of fused-ring (bicyclic) bond motifs is 1. The molecule has 0 aliphatic rings. The molecule has 3 rings (SSSR count). The summed E-state index contributed by atoms with van der Waals surface area (Å²) in [4.78, 5) is 30.4. The molecule has 0 unspecified atom stereocenters. The number of pyridine rings is 1. The van der Waals surface area contributed by atoms with Crippen LogP contribution in [0.25, 0.3) is 16.7 Å². The molecule has 0 spiro atoms. The van der Waals surface area contributed by atoms with E-state index in [9.17, 15) is 9.59 Å². The van der Waals surface area contributed by atoms with Crippen molar-refractivity contribution in [3.05, 3.63) is 69.0 Å². The van der Waals surface area contributed by atoms with Gasteiger partial charge in [-0.25, -0.2) is 14.3 Å². The van der Waals surface area contributed by atoms with E-state index in [0.29, 0.717) is 16.7 Å². The predicted molar refractivity (Wildman–Crippen MR) is 72.7 cm³/mol. The fourth-order valence-electron chi connectivity index (χ4n) is 2.02. The van der Waals surface area contributed by atoms with Gasteiger partial charge < -0.3 is 0 Å². The van der Waals surface area contributed by atoms with E-state index >= 15 is 0 Å². The number of benzene rings is 1. The highest BCUT2D eigenvalue weighted by atomic mass is 16.2. The van der Waals surface area contributed by atoms with Gasteiger partial charge in [0.25, 0.3) is 5.56 Å². The van der Waals surface area contributed by atoms with E-state index in [0.717, 1.165) is 5.69 Å². The lowest BCUT2D eigenvalue weighted by Gasteiger charge is -2.08. The van der Waals surface area contributed by atoms with Crippen LogP contribution in [0, 0.1) is 6.92 Å². The summed E-state index contributed by atoms with van der Waals surface area (Å²) >= 11 is 0. The van der Waals surface area contributed by atoms with Crippen LogP contribution in [0.5, 0.6) is 0 Å². The van der Waals surface area contributed by atoms with Gasteiger partial charge in [0.05, 0.1) is 11.1 Å². The Morgan fingerprint density at radius 3 is 2.53 bits per heavy atom. The number of nitrogens with one attached hydrogen (secondary N) is 1. The molecule has 0 saturated carbocycles. The summed E-state index contributed by atoms with van der Waals surface area (Å²) in [6, 6.07) is 12.5. The molecule has 2 heterocycles. The topological polar surface area (TPSA) is 67.8 Å². The Morgan fingerprint density at radius 2 is 1.79 bits per heavy atom. The minimum Gasteiger partial charge on any atom is -0.273 e. The highest BCUT2D eigenvalue weighted by molar-refractivity contribution is 5.75. The van der Waals surface area contributed by atoms with Gasteiger partial charge in [0.1, 0.15) is 0 Å². The van der Waals surface area contributed by atoms with Crippen molar-refractivity contribution in [1.29, 1.82) is 0 Å². The van der Waals surface area contributed by atoms with Crippen LogP contribution < -0.4 is 11.2 Å². The Morgan fingerprint density at radius 1 is 1.05 bits per heavy atom. The fraction of sp³-hybridized carbons (Fsp3) is 0.0714. The average Bonchev–Trinajstić information content (AvgIpc) is 2.39. The van der Waals surface area contributed by atoms with Crippen LogP contribution in [0.3, 0.4) is 0 Å². The summed E-state index contributed by atoms with van der Waals surface area (Å²) in [5.41, 5.74) is 0.899. The van der Waals surface area contributed by atoms with Crippen molar-refractivity contribution in [3.8, 4) is 5.69 Å². The summed E-state index contributed by atoms with van der Waals surface area (Å²) in [5, 5.41) is 0.397. The van der Waals surface area contributed by atoms with Gasteiger partial charge in [0.2, 0.25) is 0 Å². The van der Waals surface area contributed by atoms with Crippen molar-refractivity contribution in [2.45, 2.75) is 6.92 Å².